The topological polar surface area (TPSA) is 95.7 Å². The second kappa shape index (κ2) is 10.1. The molecule has 4 aromatic rings. The van der Waals surface area contributed by atoms with E-state index in [1.54, 1.807) is 25.4 Å². The fourth-order valence-corrected chi connectivity index (χ4v) is 3.28. The normalized spacial score (nSPS) is 11.8. The number of oxazole rings is 1. The third-order valence-corrected chi connectivity index (χ3v) is 4.89. The summed E-state index contributed by atoms with van der Waals surface area (Å²) < 4.78 is 22.4. The second-order valence-corrected chi connectivity index (χ2v) is 7.47. The summed E-state index contributed by atoms with van der Waals surface area (Å²) in [6, 6.07) is 16.5. The average molecular weight is 447 g/mol. The maximum absolute atomic E-state index is 11.3. The summed E-state index contributed by atoms with van der Waals surface area (Å²) in [4.78, 5) is 20.3. The first-order valence-corrected chi connectivity index (χ1v) is 10.6. The summed E-state index contributed by atoms with van der Waals surface area (Å²) in [5.41, 5.74) is 2.88. The average Bonchev–Trinajstić information content (AvgIpc) is 3.23. The molecule has 1 N–H and O–H groups in total. The summed E-state index contributed by atoms with van der Waals surface area (Å²) in [6.07, 6.45) is 1.62. The van der Waals surface area contributed by atoms with Crippen LogP contribution in [0.15, 0.2) is 65.2 Å². The van der Waals surface area contributed by atoms with Crippen LogP contribution in [0.25, 0.3) is 22.7 Å². The molecule has 0 aliphatic heterocycles. The maximum Gasteiger partial charge on any atom is 0.246 e. The predicted octanol–water partition coefficient (Wildman–Crippen LogP) is 4.90. The Morgan fingerprint density at radius 2 is 1.91 bits per heavy atom. The molecule has 0 spiro atoms. The summed E-state index contributed by atoms with van der Waals surface area (Å²) in [6.45, 7) is 4.39. The van der Waals surface area contributed by atoms with Crippen molar-refractivity contribution in [3.05, 3.63) is 66.4 Å². The minimum atomic E-state index is -0.126. The molecule has 0 radical (unpaired) electrons. The monoisotopic (exact) mass is 447 g/mol. The summed E-state index contributed by atoms with van der Waals surface area (Å²) in [7, 11) is 1.63. The van der Waals surface area contributed by atoms with E-state index >= 15 is 0 Å². The minimum absolute atomic E-state index is 0.0855. The zero-order valence-corrected chi connectivity index (χ0v) is 18.7. The molecule has 0 fully saturated rings. The van der Waals surface area contributed by atoms with Gasteiger partial charge in [-0.05, 0) is 48.9 Å². The Bertz CT molecular complexity index is 1240. The van der Waals surface area contributed by atoms with Crippen LogP contribution in [0.2, 0.25) is 0 Å². The number of pyridine rings is 1. The van der Waals surface area contributed by atoms with Crippen molar-refractivity contribution in [1.82, 2.24) is 15.3 Å². The summed E-state index contributed by atoms with van der Waals surface area (Å²) in [5, 5.41) is 2.86. The van der Waals surface area contributed by atoms with E-state index in [1.807, 2.05) is 49.4 Å². The molecule has 0 saturated carbocycles. The molecule has 0 bridgehead atoms. The van der Waals surface area contributed by atoms with E-state index in [1.165, 1.54) is 6.92 Å². The lowest BCUT2D eigenvalue weighted by atomic mass is 10.1. The minimum Gasteiger partial charge on any atom is -0.491 e. The van der Waals surface area contributed by atoms with E-state index < -0.39 is 0 Å². The smallest absolute Gasteiger partial charge is 0.246 e. The van der Waals surface area contributed by atoms with Gasteiger partial charge in [-0.15, -0.1) is 0 Å². The predicted molar refractivity (Wildman–Crippen MR) is 123 cm³/mol. The molecule has 2 aromatic heterocycles. The number of carbonyl (C=O) groups is 1. The number of nitrogens with one attached hydrogen (secondary N) is 1. The maximum atomic E-state index is 11.3. The molecule has 2 heterocycles. The van der Waals surface area contributed by atoms with Gasteiger partial charge in [-0.3, -0.25) is 4.79 Å². The lowest BCUT2D eigenvalue weighted by molar-refractivity contribution is -0.119. The van der Waals surface area contributed by atoms with Crippen LogP contribution in [0, 0.1) is 0 Å². The van der Waals surface area contributed by atoms with Gasteiger partial charge >= 0.3 is 0 Å². The van der Waals surface area contributed by atoms with Gasteiger partial charge in [0.05, 0.1) is 18.8 Å². The number of rotatable bonds is 9. The molecule has 1 unspecified atom stereocenters. The SMILES string of the molecule is COCCOc1cccc(Oc2ccc(-c3nc4ccc(C(C)NC(C)=O)cc4o3)nc2)c1. The van der Waals surface area contributed by atoms with Crippen molar-refractivity contribution >= 4 is 17.0 Å². The van der Waals surface area contributed by atoms with Crippen molar-refractivity contribution in [1.29, 1.82) is 0 Å². The van der Waals surface area contributed by atoms with Crippen LogP contribution < -0.4 is 14.8 Å². The van der Waals surface area contributed by atoms with Crippen molar-refractivity contribution < 1.29 is 23.4 Å². The molecule has 170 valence electrons. The standard InChI is InChI=1S/C25H25N3O5/c1-16(27-17(2)29)18-7-9-22-24(13-18)33-25(28-22)23-10-8-21(15-26-23)32-20-6-4-5-19(14-20)31-12-11-30-3/h4-10,13-16H,11-12H2,1-3H3,(H,27,29). The Labute approximate surface area is 191 Å². The van der Waals surface area contributed by atoms with Crippen LogP contribution in [0.4, 0.5) is 0 Å². The van der Waals surface area contributed by atoms with E-state index in [4.69, 9.17) is 18.6 Å². The van der Waals surface area contributed by atoms with Gasteiger partial charge in [0.1, 0.15) is 35.1 Å². The molecule has 0 aliphatic rings. The highest BCUT2D eigenvalue weighted by atomic mass is 16.5. The number of hydrogen-bond acceptors (Lipinski definition) is 7. The number of amides is 1. The molecule has 0 saturated heterocycles. The van der Waals surface area contributed by atoms with Gasteiger partial charge in [0.15, 0.2) is 5.58 Å². The van der Waals surface area contributed by atoms with Gasteiger partial charge in [0.2, 0.25) is 11.8 Å². The Balaban J connectivity index is 1.46. The van der Waals surface area contributed by atoms with Crippen LogP contribution in [-0.4, -0.2) is 36.2 Å². The van der Waals surface area contributed by atoms with Gasteiger partial charge in [-0.25, -0.2) is 9.97 Å². The molecular weight excluding hydrogens is 422 g/mol. The van der Waals surface area contributed by atoms with Gasteiger partial charge in [-0.2, -0.15) is 0 Å². The second-order valence-electron chi connectivity index (χ2n) is 7.47. The lowest BCUT2D eigenvalue weighted by Gasteiger charge is -2.12. The fraction of sp³-hybridized carbons (Fsp3) is 0.240. The Morgan fingerprint density at radius 3 is 2.67 bits per heavy atom. The first kappa shape index (κ1) is 22.3. The molecule has 33 heavy (non-hydrogen) atoms. The molecular formula is C25H25N3O5. The fourth-order valence-electron chi connectivity index (χ4n) is 3.28. The number of carbonyl (C=O) groups excluding carboxylic acids is 1. The van der Waals surface area contributed by atoms with Gasteiger partial charge in [0.25, 0.3) is 0 Å². The molecule has 1 amide bonds. The Morgan fingerprint density at radius 1 is 1.06 bits per heavy atom. The Kier molecular flexibility index (Phi) is 6.85. The van der Waals surface area contributed by atoms with E-state index in [2.05, 4.69) is 15.3 Å². The number of benzene rings is 2. The summed E-state index contributed by atoms with van der Waals surface area (Å²) in [5.74, 6) is 2.25. The number of nitrogens with zero attached hydrogens (tertiary/aromatic N) is 2. The molecule has 0 aliphatic carbocycles. The van der Waals surface area contributed by atoms with Crippen molar-refractivity contribution in [3.63, 3.8) is 0 Å². The van der Waals surface area contributed by atoms with Crippen LogP contribution >= 0.6 is 0 Å². The highest BCUT2D eigenvalue weighted by Crippen LogP contribution is 2.28. The van der Waals surface area contributed by atoms with Crippen LogP contribution in [0.3, 0.4) is 0 Å². The first-order valence-electron chi connectivity index (χ1n) is 10.6. The Hall–Kier alpha value is -3.91. The largest absolute Gasteiger partial charge is 0.491 e. The first-order chi connectivity index (χ1) is 16.0. The molecule has 8 heteroatoms. The number of ether oxygens (including phenoxy) is 3. The van der Waals surface area contributed by atoms with Gasteiger partial charge in [0, 0.05) is 20.1 Å². The van der Waals surface area contributed by atoms with Crippen LogP contribution in [0.5, 0.6) is 17.2 Å². The molecule has 8 nitrogen and oxygen atoms in total. The lowest BCUT2D eigenvalue weighted by Crippen LogP contribution is -2.23. The van der Waals surface area contributed by atoms with Gasteiger partial charge < -0.3 is 23.9 Å². The quantitative estimate of drug-likeness (QED) is 0.364. The van der Waals surface area contributed by atoms with Crippen molar-refractivity contribution in [3.8, 4) is 28.8 Å². The van der Waals surface area contributed by atoms with E-state index in [0.717, 1.165) is 11.1 Å². The molecule has 1 atom stereocenters. The highest BCUT2D eigenvalue weighted by molar-refractivity contribution is 5.77. The number of aromatic nitrogens is 2. The van der Waals surface area contributed by atoms with Gasteiger partial charge in [-0.1, -0.05) is 12.1 Å². The zero-order valence-electron chi connectivity index (χ0n) is 18.7. The van der Waals surface area contributed by atoms with Crippen molar-refractivity contribution in [2.75, 3.05) is 20.3 Å². The molecule has 2 aromatic carbocycles. The number of fused-ring (bicyclic) bond motifs is 1. The zero-order chi connectivity index (χ0) is 23.2. The van der Waals surface area contributed by atoms with Crippen molar-refractivity contribution in [2.45, 2.75) is 19.9 Å². The van der Waals surface area contributed by atoms with Crippen LogP contribution in [0.1, 0.15) is 25.5 Å². The summed E-state index contributed by atoms with van der Waals surface area (Å²) >= 11 is 0. The highest BCUT2D eigenvalue weighted by Gasteiger charge is 2.13. The number of hydrogen-bond donors (Lipinski definition) is 1. The third kappa shape index (κ3) is 5.67. The van der Waals surface area contributed by atoms with Crippen LogP contribution in [-0.2, 0) is 9.53 Å². The van der Waals surface area contributed by atoms with E-state index in [-0.39, 0.29) is 11.9 Å². The van der Waals surface area contributed by atoms with Crippen molar-refractivity contribution in [2.24, 2.45) is 0 Å². The third-order valence-electron chi connectivity index (χ3n) is 4.89. The van der Waals surface area contributed by atoms with E-state index in [9.17, 15) is 4.79 Å². The van der Waals surface area contributed by atoms with E-state index in [0.29, 0.717) is 47.6 Å². The number of methoxy groups -OCH3 is 1. The molecule has 4 rings (SSSR count).